The van der Waals surface area contributed by atoms with Crippen molar-refractivity contribution >= 4 is 10.0 Å². The number of ether oxygens (including phenoxy) is 1. The van der Waals surface area contributed by atoms with Crippen LogP contribution in [0.15, 0.2) is 47.4 Å². The van der Waals surface area contributed by atoms with Gasteiger partial charge in [-0.15, -0.1) is 0 Å². The minimum absolute atomic E-state index is 0.0698. The molecule has 0 saturated heterocycles. The van der Waals surface area contributed by atoms with Crippen LogP contribution in [0.2, 0.25) is 0 Å². The maximum atomic E-state index is 13.6. The highest BCUT2D eigenvalue weighted by molar-refractivity contribution is 7.89. The van der Waals surface area contributed by atoms with Crippen LogP contribution in [0.1, 0.15) is 23.6 Å². The first kappa shape index (κ1) is 15.0. The Balaban J connectivity index is 1.91. The maximum Gasteiger partial charge on any atom is 0.241 e. The van der Waals surface area contributed by atoms with Gasteiger partial charge in [-0.25, -0.2) is 17.5 Å². The predicted octanol–water partition coefficient (Wildman–Crippen LogP) is 2.94. The van der Waals surface area contributed by atoms with E-state index in [1.54, 1.807) is 13.0 Å². The first-order chi connectivity index (χ1) is 10.5. The first-order valence-corrected chi connectivity index (χ1v) is 8.46. The number of sulfonamides is 1. The standard InChI is InChI=1S/C16H16FNO3S/c1-11-6-7-12(10-14(11)17)22(19,20)18-15-8-9-21-16-5-3-2-4-13(15)16/h2-7,10,15,18H,8-9H2,1H3/t15-/m1/s1. The SMILES string of the molecule is Cc1ccc(S(=O)(=O)N[C@@H]2CCOc3ccccc32)cc1F. The van der Waals surface area contributed by atoms with Gasteiger partial charge >= 0.3 is 0 Å². The van der Waals surface area contributed by atoms with Crippen LogP contribution in [0.25, 0.3) is 0 Å². The van der Waals surface area contributed by atoms with E-state index in [2.05, 4.69) is 4.72 Å². The van der Waals surface area contributed by atoms with E-state index in [1.165, 1.54) is 12.1 Å². The third-order valence-electron chi connectivity index (χ3n) is 3.71. The third kappa shape index (κ3) is 2.84. The van der Waals surface area contributed by atoms with Crippen LogP contribution in [-0.2, 0) is 10.0 Å². The van der Waals surface area contributed by atoms with E-state index in [0.29, 0.717) is 24.3 Å². The first-order valence-electron chi connectivity index (χ1n) is 6.97. The fourth-order valence-corrected chi connectivity index (χ4v) is 3.72. The van der Waals surface area contributed by atoms with E-state index in [-0.39, 0.29) is 10.9 Å². The van der Waals surface area contributed by atoms with E-state index in [9.17, 15) is 12.8 Å². The lowest BCUT2D eigenvalue weighted by atomic mass is 10.0. The Bertz CT molecular complexity index is 805. The Morgan fingerprint density at radius 1 is 1.23 bits per heavy atom. The van der Waals surface area contributed by atoms with Crippen molar-refractivity contribution in [2.75, 3.05) is 6.61 Å². The molecule has 1 N–H and O–H groups in total. The zero-order valence-corrected chi connectivity index (χ0v) is 12.9. The molecule has 2 aromatic carbocycles. The summed E-state index contributed by atoms with van der Waals surface area (Å²) in [6.45, 7) is 2.03. The van der Waals surface area contributed by atoms with Crippen LogP contribution < -0.4 is 9.46 Å². The van der Waals surface area contributed by atoms with E-state index in [1.807, 2.05) is 18.2 Å². The second kappa shape index (κ2) is 5.70. The van der Waals surface area contributed by atoms with Crippen LogP contribution in [0.4, 0.5) is 4.39 Å². The van der Waals surface area contributed by atoms with Gasteiger partial charge in [0.1, 0.15) is 11.6 Å². The maximum absolute atomic E-state index is 13.6. The summed E-state index contributed by atoms with van der Waals surface area (Å²) < 4.78 is 46.7. The molecule has 22 heavy (non-hydrogen) atoms. The monoisotopic (exact) mass is 321 g/mol. The molecule has 0 unspecified atom stereocenters. The number of benzene rings is 2. The summed E-state index contributed by atoms with van der Waals surface area (Å²) in [5.41, 5.74) is 1.21. The van der Waals surface area contributed by atoms with Gasteiger partial charge in [0.15, 0.2) is 0 Å². The van der Waals surface area contributed by atoms with Gasteiger partial charge in [-0.1, -0.05) is 24.3 Å². The number of rotatable bonds is 3. The highest BCUT2D eigenvalue weighted by Gasteiger charge is 2.26. The molecule has 0 aliphatic carbocycles. The smallest absolute Gasteiger partial charge is 0.241 e. The molecule has 0 aromatic heterocycles. The molecule has 1 heterocycles. The van der Waals surface area contributed by atoms with Crippen molar-refractivity contribution in [1.29, 1.82) is 0 Å². The molecule has 6 heteroatoms. The molecule has 1 atom stereocenters. The number of nitrogens with one attached hydrogen (secondary N) is 1. The van der Waals surface area contributed by atoms with Crippen LogP contribution in [-0.4, -0.2) is 15.0 Å². The quantitative estimate of drug-likeness (QED) is 0.945. The van der Waals surface area contributed by atoms with Gasteiger partial charge in [-0.2, -0.15) is 0 Å². The molecule has 1 aliphatic heterocycles. The minimum Gasteiger partial charge on any atom is -0.493 e. The molecule has 4 nitrogen and oxygen atoms in total. The van der Waals surface area contributed by atoms with Crippen LogP contribution in [0, 0.1) is 12.7 Å². The second-order valence-electron chi connectivity index (χ2n) is 5.26. The van der Waals surface area contributed by atoms with Crippen molar-refractivity contribution in [1.82, 2.24) is 4.72 Å². The van der Waals surface area contributed by atoms with Crippen molar-refractivity contribution in [3.63, 3.8) is 0 Å². The predicted molar refractivity (Wildman–Crippen MR) is 80.8 cm³/mol. The van der Waals surface area contributed by atoms with Gasteiger partial charge < -0.3 is 4.74 Å². The number of aryl methyl sites for hydroxylation is 1. The van der Waals surface area contributed by atoms with Crippen LogP contribution >= 0.6 is 0 Å². The Morgan fingerprint density at radius 3 is 2.77 bits per heavy atom. The van der Waals surface area contributed by atoms with Gasteiger partial charge in [0.25, 0.3) is 0 Å². The fourth-order valence-electron chi connectivity index (χ4n) is 2.46. The van der Waals surface area contributed by atoms with Crippen molar-refractivity contribution in [2.45, 2.75) is 24.3 Å². The Morgan fingerprint density at radius 2 is 2.00 bits per heavy atom. The highest BCUT2D eigenvalue weighted by atomic mass is 32.2. The molecule has 116 valence electrons. The molecular formula is C16H16FNO3S. The normalized spacial score (nSPS) is 17.6. The van der Waals surface area contributed by atoms with Gasteiger partial charge in [-0.05, 0) is 30.7 Å². The lowest BCUT2D eigenvalue weighted by Crippen LogP contribution is -2.32. The van der Waals surface area contributed by atoms with Crippen molar-refractivity contribution < 1.29 is 17.5 Å². The van der Waals surface area contributed by atoms with Gasteiger partial charge in [0, 0.05) is 12.0 Å². The van der Waals surface area contributed by atoms with Gasteiger partial charge in [0.05, 0.1) is 17.5 Å². The largest absolute Gasteiger partial charge is 0.493 e. The summed E-state index contributed by atoms with van der Waals surface area (Å²) in [5, 5.41) is 0. The molecule has 0 saturated carbocycles. The molecule has 3 rings (SSSR count). The number of para-hydroxylation sites is 1. The fraction of sp³-hybridized carbons (Fsp3) is 0.250. The molecule has 0 radical (unpaired) electrons. The zero-order valence-electron chi connectivity index (χ0n) is 12.0. The van der Waals surface area contributed by atoms with E-state index in [0.717, 1.165) is 11.6 Å². The van der Waals surface area contributed by atoms with E-state index >= 15 is 0 Å². The Labute approximate surface area is 129 Å². The van der Waals surface area contributed by atoms with Gasteiger partial charge in [0.2, 0.25) is 10.0 Å². The van der Waals surface area contributed by atoms with Crippen molar-refractivity contribution in [2.24, 2.45) is 0 Å². The van der Waals surface area contributed by atoms with Crippen molar-refractivity contribution in [3.05, 3.63) is 59.4 Å². The average Bonchev–Trinajstić information content (AvgIpc) is 2.50. The molecule has 0 spiro atoms. The number of fused-ring (bicyclic) bond motifs is 1. The summed E-state index contributed by atoms with van der Waals surface area (Å²) in [6, 6.07) is 10.8. The molecule has 0 bridgehead atoms. The number of hydrogen-bond acceptors (Lipinski definition) is 3. The van der Waals surface area contributed by atoms with Crippen LogP contribution in [0.3, 0.4) is 0 Å². The van der Waals surface area contributed by atoms with Gasteiger partial charge in [-0.3, -0.25) is 0 Å². The summed E-state index contributed by atoms with van der Waals surface area (Å²) in [4.78, 5) is -0.0698. The Hall–Kier alpha value is -1.92. The van der Waals surface area contributed by atoms with E-state index < -0.39 is 15.8 Å². The molecule has 0 amide bonds. The average molecular weight is 321 g/mol. The minimum atomic E-state index is -3.79. The highest BCUT2D eigenvalue weighted by Crippen LogP contribution is 2.32. The summed E-state index contributed by atoms with van der Waals surface area (Å²) in [7, 11) is -3.79. The number of halogens is 1. The number of hydrogen-bond donors (Lipinski definition) is 1. The molecule has 0 fully saturated rings. The lowest BCUT2D eigenvalue weighted by molar-refractivity contribution is 0.263. The summed E-state index contributed by atoms with van der Waals surface area (Å²) in [5.74, 6) is 0.145. The van der Waals surface area contributed by atoms with E-state index in [4.69, 9.17) is 4.74 Å². The third-order valence-corrected chi connectivity index (χ3v) is 5.18. The molecule has 1 aliphatic rings. The summed E-state index contributed by atoms with van der Waals surface area (Å²) in [6.07, 6.45) is 0.532. The lowest BCUT2D eigenvalue weighted by Gasteiger charge is -2.26. The van der Waals surface area contributed by atoms with Crippen molar-refractivity contribution in [3.8, 4) is 5.75 Å². The topological polar surface area (TPSA) is 55.4 Å². The molecule has 2 aromatic rings. The van der Waals surface area contributed by atoms with Crippen LogP contribution in [0.5, 0.6) is 5.75 Å². The molecular weight excluding hydrogens is 305 g/mol. The second-order valence-corrected chi connectivity index (χ2v) is 6.97. The zero-order chi connectivity index (χ0) is 15.7. The Kier molecular flexibility index (Phi) is 3.88. The summed E-state index contributed by atoms with van der Waals surface area (Å²) >= 11 is 0.